The zero-order valence-corrected chi connectivity index (χ0v) is 16.4. The van der Waals surface area contributed by atoms with Gasteiger partial charge in [0.25, 0.3) is 0 Å². The van der Waals surface area contributed by atoms with Crippen molar-refractivity contribution in [3.63, 3.8) is 0 Å². The van der Waals surface area contributed by atoms with Crippen LogP contribution in [0.2, 0.25) is 0 Å². The number of ether oxygens (including phenoxy) is 4. The molecule has 0 aliphatic rings. The van der Waals surface area contributed by atoms with Gasteiger partial charge in [0.2, 0.25) is 0 Å². The quantitative estimate of drug-likeness (QED) is 0.438. The van der Waals surface area contributed by atoms with E-state index in [0.717, 1.165) is 6.42 Å². The molecule has 0 amide bonds. The molecule has 0 aliphatic carbocycles. The maximum absolute atomic E-state index is 12.0. The van der Waals surface area contributed by atoms with Crippen molar-refractivity contribution in [3.8, 4) is 11.5 Å². The van der Waals surface area contributed by atoms with Crippen LogP contribution < -0.4 is 9.47 Å². The summed E-state index contributed by atoms with van der Waals surface area (Å²) in [6.45, 7) is 12.3. The predicted molar refractivity (Wildman–Crippen MR) is 98.5 cm³/mol. The second kappa shape index (κ2) is 10.3. The van der Waals surface area contributed by atoms with Gasteiger partial charge in [-0.2, -0.15) is 0 Å². The molecule has 0 bridgehead atoms. The minimum atomic E-state index is -0.364. The molecule has 25 heavy (non-hydrogen) atoms. The summed E-state index contributed by atoms with van der Waals surface area (Å²) in [6.07, 6.45) is 1.05. The zero-order valence-electron chi connectivity index (χ0n) is 16.4. The highest BCUT2D eigenvalue weighted by molar-refractivity contribution is 5.90. The fourth-order valence-corrected chi connectivity index (χ4v) is 2.75. The Kier molecular flexibility index (Phi) is 8.76. The third kappa shape index (κ3) is 7.78. The zero-order chi connectivity index (χ0) is 18.9. The first-order valence-electron chi connectivity index (χ1n) is 8.84. The first-order chi connectivity index (χ1) is 11.8. The van der Waals surface area contributed by atoms with E-state index in [4.69, 9.17) is 18.9 Å². The molecular weight excluding hydrogens is 320 g/mol. The highest BCUT2D eigenvalue weighted by Crippen LogP contribution is 2.32. The van der Waals surface area contributed by atoms with E-state index < -0.39 is 0 Å². The number of carbonyl (C=O) groups is 1. The van der Waals surface area contributed by atoms with Crippen molar-refractivity contribution in [1.29, 1.82) is 0 Å². The lowest BCUT2D eigenvalue weighted by Gasteiger charge is -2.27. The van der Waals surface area contributed by atoms with Crippen molar-refractivity contribution < 1.29 is 23.7 Å². The Morgan fingerprint density at radius 1 is 1.12 bits per heavy atom. The van der Waals surface area contributed by atoms with Crippen LogP contribution in [0.1, 0.15) is 51.4 Å². The first-order valence-corrected chi connectivity index (χ1v) is 8.84. The van der Waals surface area contributed by atoms with E-state index in [0.29, 0.717) is 49.4 Å². The molecule has 0 atom stereocenters. The van der Waals surface area contributed by atoms with Gasteiger partial charge >= 0.3 is 5.97 Å². The van der Waals surface area contributed by atoms with Gasteiger partial charge in [-0.1, -0.05) is 27.7 Å². The van der Waals surface area contributed by atoms with Gasteiger partial charge in [0.15, 0.2) is 11.5 Å². The van der Waals surface area contributed by atoms with Crippen LogP contribution in [0.25, 0.3) is 0 Å². The third-order valence-corrected chi connectivity index (χ3v) is 3.58. The number of hydrogen-bond acceptors (Lipinski definition) is 5. The Morgan fingerprint density at radius 3 is 2.44 bits per heavy atom. The summed E-state index contributed by atoms with van der Waals surface area (Å²) in [7, 11) is 1.62. The van der Waals surface area contributed by atoms with Crippen LogP contribution in [0.15, 0.2) is 18.2 Å². The molecule has 0 saturated carbocycles. The Balaban J connectivity index is 2.92. The van der Waals surface area contributed by atoms with Crippen molar-refractivity contribution in [3.05, 3.63) is 23.8 Å². The highest BCUT2D eigenvalue weighted by Gasteiger charge is 2.22. The van der Waals surface area contributed by atoms with Crippen molar-refractivity contribution in [2.75, 3.05) is 33.5 Å². The van der Waals surface area contributed by atoms with E-state index in [1.165, 1.54) is 0 Å². The van der Waals surface area contributed by atoms with Gasteiger partial charge in [-0.25, -0.2) is 4.79 Å². The molecule has 0 radical (unpaired) electrons. The summed E-state index contributed by atoms with van der Waals surface area (Å²) in [5.74, 6) is 1.38. The average molecular weight is 352 g/mol. The van der Waals surface area contributed by atoms with Gasteiger partial charge < -0.3 is 18.9 Å². The molecule has 1 aromatic carbocycles. The van der Waals surface area contributed by atoms with Crippen LogP contribution in [-0.4, -0.2) is 39.5 Å². The lowest BCUT2D eigenvalue weighted by Crippen LogP contribution is -2.23. The molecule has 0 fully saturated rings. The van der Waals surface area contributed by atoms with Crippen LogP contribution in [0.3, 0.4) is 0 Å². The molecule has 0 heterocycles. The second-order valence-corrected chi connectivity index (χ2v) is 7.27. The largest absolute Gasteiger partial charge is 0.489 e. The van der Waals surface area contributed by atoms with Crippen molar-refractivity contribution in [2.45, 2.75) is 41.0 Å². The number of benzene rings is 1. The topological polar surface area (TPSA) is 54.0 Å². The summed E-state index contributed by atoms with van der Waals surface area (Å²) in [4.78, 5) is 12.0. The Labute approximate surface area is 151 Å². The molecule has 0 N–H and O–H groups in total. The van der Waals surface area contributed by atoms with Gasteiger partial charge in [0, 0.05) is 7.11 Å². The van der Waals surface area contributed by atoms with Gasteiger partial charge in [-0.05, 0) is 42.9 Å². The second-order valence-electron chi connectivity index (χ2n) is 7.27. The van der Waals surface area contributed by atoms with Crippen molar-refractivity contribution in [2.24, 2.45) is 11.3 Å². The standard InChI is InChI=1S/C20H32O5/c1-7-23-19(21)16-8-9-17(24-11-10-22-6)18(12-16)25-14-20(4,5)13-15(2)3/h8-9,12,15H,7,10-11,13-14H2,1-6H3. The van der Waals surface area contributed by atoms with Gasteiger partial charge in [-0.3, -0.25) is 0 Å². The van der Waals surface area contributed by atoms with Crippen LogP contribution in [0.5, 0.6) is 11.5 Å². The van der Waals surface area contributed by atoms with E-state index in [1.54, 1.807) is 32.2 Å². The maximum atomic E-state index is 12.0. The molecule has 5 nitrogen and oxygen atoms in total. The predicted octanol–water partition coefficient (Wildman–Crippen LogP) is 4.34. The summed E-state index contributed by atoms with van der Waals surface area (Å²) in [6, 6.07) is 5.12. The third-order valence-electron chi connectivity index (χ3n) is 3.58. The first kappa shape index (κ1) is 21.3. The lowest BCUT2D eigenvalue weighted by atomic mass is 9.85. The SMILES string of the molecule is CCOC(=O)c1ccc(OCCOC)c(OCC(C)(C)CC(C)C)c1. The van der Waals surface area contributed by atoms with Gasteiger partial charge in [-0.15, -0.1) is 0 Å². The molecule has 0 spiro atoms. The number of rotatable bonds is 11. The molecule has 5 heteroatoms. The summed E-state index contributed by atoms with van der Waals surface area (Å²) < 4.78 is 21.8. The average Bonchev–Trinajstić information content (AvgIpc) is 2.53. The number of esters is 1. The van der Waals surface area contributed by atoms with Crippen LogP contribution in [0, 0.1) is 11.3 Å². The number of hydrogen-bond donors (Lipinski definition) is 0. The molecule has 0 unspecified atom stereocenters. The number of methoxy groups -OCH3 is 1. The maximum Gasteiger partial charge on any atom is 0.338 e. The Hall–Kier alpha value is -1.75. The molecule has 1 rings (SSSR count). The van der Waals surface area contributed by atoms with Crippen LogP contribution in [0.4, 0.5) is 0 Å². The Bertz CT molecular complexity index is 537. The van der Waals surface area contributed by atoms with Crippen LogP contribution >= 0.6 is 0 Å². The molecular formula is C20H32O5. The van der Waals surface area contributed by atoms with E-state index in [9.17, 15) is 4.79 Å². The van der Waals surface area contributed by atoms with E-state index in [2.05, 4.69) is 27.7 Å². The summed E-state index contributed by atoms with van der Waals surface area (Å²) in [5, 5.41) is 0. The lowest BCUT2D eigenvalue weighted by molar-refractivity contribution is 0.0525. The van der Waals surface area contributed by atoms with E-state index >= 15 is 0 Å². The monoisotopic (exact) mass is 352 g/mol. The molecule has 0 saturated heterocycles. The number of carbonyl (C=O) groups excluding carboxylic acids is 1. The summed E-state index contributed by atoms with van der Waals surface area (Å²) in [5.41, 5.74) is 0.482. The van der Waals surface area contributed by atoms with E-state index in [-0.39, 0.29) is 11.4 Å². The van der Waals surface area contributed by atoms with Gasteiger partial charge in [0.05, 0.1) is 25.4 Å². The fourth-order valence-electron chi connectivity index (χ4n) is 2.75. The smallest absolute Gasteiger partial charge is 0.338 e. The minimum Gasteiger partial charge on any atom is -0.489 e. The van der Waals surface area contributed by atoms with Crippen molar-refractivity contribution in [1.82, 2.24) is 0 Å². The van der Waals surface area contributed by atoms with E-state index in [1.807, 2.05) is 0 Å². The Morgan fingerprint density at radius 2 is 1.84 bits per heavy atom. The summed E-state index contributed by atoms with van der Waals surface area (Å²) >= 11 is 0. The highest BCUT2D eigenvalue weighted by atomic mass is 16.5. The minimum absolute atomic E-state index is 0.0257. The molecule has 0 aliphatic heterocycles. The van der Waals surface area contributed by atoms with Gasteiger partial charge in [0.1, 0.15) is 6.61 Å². The molecule has 1 aromatic rings. The normalized spacial score (nSPS) is 11.5. The molecule has 142 valence electrons. The molecule has 0 aromatic heterocycles. The van der Waals surface area contributed by atoms with Crippen molar-refractivity contribution >= 4 is 5.97 Å². The fraction of sp³-hybridized carbons (Fsp3) is 0.650. The van der Waals surface area contributed by atoms with Crippen LogP contribution in [-0.2, 0) is 9.47 Å².